The van der Waals surface area contributed by atoms with Crippen molar-refractivity contribution in [3.63, 3.8) is 0 Å². The van der Waals surface area contributed by atoms with Gasteiger partial charge in [-0.2, -0.15) is 0 Å². The Bertz CT molecular complexity index is 2180. The van der Waals surface area contributed by atoms with Crippen molar-refractivity contribution in [3.05, 3.63) is 151 Å². The van der Waals surface area contributed by atoms with E-state index in [1.54, 1.807) is 0 Å². The van der Waals surface area contributed by atoms with E-state index in [1.165, 1.54) is 16.5 Å². The lowest BCUT2D eigenvalue weighted by atomic mass is 9.77. The van der Waals surface area contributed by atoms with Crippen LogP contribution < -0.4 is 0 Å². The van der Waals surface area contributed by atoms with Crippen molar-refractivity contribution in [2.75, 3.05) is 0 Å². The summed E-state index contributed by atoms with van der Waals surface area (Å²) >= 11 is 0. The van der Waals surface area contributed by atoms with Crippen molar-refractivity contribution in [2.45, 2.75) is 18.8 Å². The Hall–Kier alpha value is -5.48. The van der Waals surface area contributed by atoms with E-state index in [1.807, 2.05) is 12.3 Å². The largest absolute Gasteiger partial charge is 0.256 e. The first-order valence-electron chi connectivity index (χ1n) is 14.6. The summed E-state index contributed by atoms with van der Waals surface area (Å²) in [6.07, 6.45) is 7.12. The molecule has 4 nitrogen and oxygen atoms in total. The number of fused-ring (bicyclic) bond motifs is 3. The molecule has 0 radical (unpaired) electrons. The van der Waals surface area contributed by atoms with Crippen LogP contribution in [0.25, 0.3) is 61.7 Å². The predicted octanol–water partition coefficient (Wildman–Crippen LogP) is 9.10. The first kappa shape index (κ1) is 25.2. The second kappa shape index (κ2) is 10.1. The molecule has 204 valence electrons. The summed E-state index contributed by atoms with van der Waals surface area (Å²) in [5.41, 5.74) is 7.32. The molecule has 43 heavy (non-hydrogen) atoms. The van der Waals surface area contributed by atoms with E-state index < -0.39 is 0 Å². The third-order valence-corrected chi connectivity index (χ3v) is 8.48. The molecule has 0 saturated heterocycles. The first-order valence-corrected chi connectivity index (χ1v) is 14.6. The maximum Gasteiger partial charge on any atom is 0.163 e. The zero-order valence-corrected chi connectivity index (χ0v) is 23.8. The van der Waals surface area contributed by atoms with Gasteiger partial charge in [-0.1, -0.05) is 121 Å². The second-order valence-electron chi connectivity index (χ2n) is 11.5. The van der Waals surface area contributed by atoms with Crippen LogP contribution in [-0.4, -0.2) is 19.9 Å². The lowest BCUT2D eigenvalue weighted by Crippen LogP contribution is -2.28. The maximum atomic E-state index is 5.13. The number of hydrogen-bond donors (Lipinski definition) is 0. The maximum absolute atomic E-state index is 5.13. The zero-order valence-electron chi connectivity index (χ0n) is 23.8. The molecular weight excluding hydrogens is 524 g/mol. The predicted molar refractivity (Wildman–Crippen MR) is 175 cm³/mol. The number of benzene rings is 5. The molecule has 4 heteroatoms. The lowest BCUT2D eigenvalue weighted by molar-refractivity contribution is 0.544. The van der Waals surface area contributed by atoms with E-state index in [0.717, 1.165) is 50.8 Å². The summed E-state index contributed by atoms with van der Waals surface area (Å²) in [7, 11) is 0. The van der Waals surface area contributed by atoms with Gasteiger partial charge >= 0.3 is 0 Å². The van der Waals surface area contributed by atoms with Crippen LogP contribution >= 0.6 is 0 Å². The van der Waals surface area contributed by atoms with E-state index in [4.69, 9.17) is 15.0 Å². The van der Waals surface area contributed by atoms with Crippen molar-refractivity contribution < 1.29 is 0 Å². The molecule has 0 bridgehead atoms. The second-order valence-corrected chi connectivity index (χ2v) is 11.5. The average Bonchev–Trinajstić information content (AvgIpc) is 3.07. The number of nitrogens with zero attached hydrogens (tertiary/aromatic N) is 4. The standard InChI is InChI=1S/C39H28N4/c1-39(22-21-27-9-3-5-11-33(27)25-39)38-42-36(41-37(43-38)32-20-15-26-8-2-4-10-31(26)24-32)30-18-16-28(17-19-30)34-14-6-12-29-13-7-23-40-35(29)34/h2-24H,25H2,1H3. The van der Waals surface area contributed by atoms with E-state index in [-0.39, 0.29) is 5.41 Å². The molecule has 1 aliphatic rings. The topological polar surface area (TPSA) is 51.6 Å². The molecule has 1 atom stereocenters. The molecule has 1 unspecified atom stereocenters. The molecule has 2 heterocycles. The minimum Gasteiger partial charge on any atom is -0.256 e. The molecule has 0 N–H and O–H groups in total. The van der Waals surface area contributed by atoms with Crippen LogP contribution in [0, 0.1) is 0 Å². The van der Waals surface area contributed by atoms with Crippen molar-refractivity contribution in [3.8, 4) is 33.9 Å². The summed E-state index contributed by atoms with van der Waals surface area (Å²) in [6, 6.07) is 42.2. The normalized spacial score (nSPS) is 15.9. The number of allylic oxidation sites excluding steroid dienone is 1. The van der Waals surface area contributed by atoms with Crippen molar-refractivity contribution in [1.82, 2.24) is 19.9 Å². The third-order valence-electron chi connectivity index (χ3n) is 8.48. The Morgan fingerprint density at radius 3 is 2.16 bits per heavy atom. The third kappa shape index (κ3) is 4.58. The molecule has 0 amide bonds. The molecule has 8 rings (SSSR count). The van der Waals surface area contributed by atoms with Gasteiger partial charge in [0.25, 0.3) is 0 Å². The van der Waals surface area contributed by atoms with Crippen LogP contribution in [-0.2, 0) is 11.8 Å². The fourth-order valence-corrected chi connectivity index (χ4v) is 6.09. The molecule has 0 saturated carbocycles. The molecule has 2 aromatic heterocycles. The van der Waals surface area contributed by atoms with E-state index in [2.05, 4.69) is 139 Å². The number of para-hydroxylation sites is 1. The number of rotatable bonds is 4. The molecule has 0 aliphatic heterocycles. The van der Waals surface area contributed by atoms with Gasteiger partial charge in [-0.05, 0) is 52.9 Å². The van der Waals surface area contributed by atoms with Crippen LogP contribution in [0.3, 0.4) is 0 Å². The summed E-state index contributed by atoms with van der Waals surface area (Å²) < 4.78 is 0. The van der Waals surface area contributed by atoms with Crippen LogP contribution in [0.5, 0.6) is 0 Å². The number of hydrogen-bond acceptors (Lipinski definition) is 4. The fourth-order valence-electron chi connectivity index (χ4n) is 6.09. The molecule has 0 fully saturated rings. The van der Waals surface area contributed by atoms with Crippen LogP contribution in [0.4, 0.5) is 0 Å². The fraction of sp³-hybridized carbons (Fsp3) is 0.0769. The van der Waals surface area contributed by atoms with Gasteiger partial charge in [0.1, 0.15) is 5.82 Å². The Morgan fingerprint density at radius 1 is 0.581 bits per heavy atom. The molecule has 7 aromatic rings. The summed E-state index contributed by atoms with van der Waals surface area (Å²) in [5, 5.41) is 3.48. The first-order chi connectivity index (χ1) is 21.1. The van der Waals surface area contributed by atoms with Gasteiger partial charge in [0, 0.05) is 33.7 Å². The van der Waals surface area contributed by atoms with Crippen molar-refractivity contribution in [1.29, 1.82) is 0 Å². The van der Waals surface area contributed by atoms with E-state index in [0.29, 0.717) is 11.6 Å². The van der Waals surface area contributed by atoms with Gasteiger partial charge in [-0.25, -0.2) is 15.0 Å². The highest BCUT2D eigenvalue weighted by molar-refractivity contribution is 5.93. The van der Waals surface area contributed by atoms with Gasteiger partial charge in [0.05, 0.1) is 5.52 Å². The van der Waals surface area contributed by atoms with Crippen LogP contribution in [0.1, 0.15) is 23.9 Å². The number of aromatic nitrogens is 4. The lowest BCUT2D eigenvalue weighted by Gasteiger charge is -2.29. The molecule has 1 aliphatic carbocycles. The van der Waals surface area contributed by atoms with Crippen molar-refractivity contribution in [2.24, 2.45) is 0 Å². The summed E-state index contributed by atoms with van der Waals surface area (Å²) in [4.78, 5) is 19.9. The monoisotopic (exact) mass is 552 g/mol. The summed E-state index contributed by atoms with van der Waals surface area (Å²) in [6.45, 7) is 2.22. The molecule has 5 aromatic carbocycles. The Labute approximate surface area is 250 Å². The molecule has 0 spiro atoms. The SMILES string of the molecule is CC1(c2nc(-c3ccc(-c4cccc5cccnc45)cc3)nc(-c3ccc4ccccc4c3)n2)C=Cc2ccccc2C1. The Morgan fingerprint density at radius 2 is 1.28 bits per heavy atom. The number of pyridine rings is 1. The summed E-state index contributed by atoms with van der Waals surface area (Å²) in [5.74, 6) is 2.12. The van der Waals surface area contributed by atoms with Gasteiger partial charge < -0.3 is 0 Å². The van der Waals surface area contributed by atoms with Crippen LogP contribution in [0.2, 0.25) is 0 Å². The molecular formula is C39H28N4. The highest BCUT2D eigenvalue weighted by atomic mass is 15.0. The Balaban J connectivity index is 1.25. The average molecular weight is 553 g/mol. The minimum absolute atomic E-state index is 0.369. The van der Waals surface area contributed by atoms with Gasteiger partial charge in [0.2, 0.25) is 0 Å². The van der Waals surface area contributed by atoms with E-state index >= 15 is 0 Å². The van der Waals surface area contributed by atoms with Gasteiger partial charge in [-0.3, -0.25) is 4.98 Å². The van der Waals surface area contributed by atoms with Gasteiger partial charge in [-0.15, -0.1) is 0 Å². The van der Waals surface area contributed by atoms with Gasteiger partial charge in [0.15, 0.2) is 11.6 Å². The minimum atomic E-state index is -0.369. The van der Waals surface area contributed by atoms with Crippen LogP contribution in [0.15, 0.2) is 134 Å². The Kier molecular flexibility index (Phi) is 5.93. The highest BCUT2D eigenvalue weighted by Gasteiger charge is 2.32. The highest BCUT2D eigenvalue weighted by Crippen LogP contribution is 2.36. The smallest absolute Gasteiger partial charge is 0.163 e. The van der Waals surface area contributed by atoms with Crippen molar-refractivity contribution >= 4 is 27.8 Å². The quantitative estimate of drug-likeness (QED) is 0.219. The zero-order chi connectivity index (χ0) is 28.8. The van der Waals surface area contributed by atoms with E-state index in [9.17, 15) is 0 Å².